The van der Waals surface area contributed by atoms with E-state index in [9.17, 15) is 0 Å². The Morgan fingerprint density at radius 2 is 2.29 bits per heavy atom. The van der Waals surface area contributed by atoms with Gasteiger partial charge in [0, 0.05) is 18.1 Å². The van der Waals surface area contributed by atoms with E-state index in [1.54, 1.807) is 27.8 Å². The molecule has 0 spiro atoms. The van der Waals surface area contributed by atoms with Gasteiger partial charge >= 0.3 is 0 Å². The Labute approximate surface area is 106 Å². The molecule has 2 aromatic heterocycles. The summed E-state index contributed by atoms with van der Waals surface area (Å²) >= 11 is 3.21. The Balaban J connectivity index is 2.02. The zero-order chi connectivity index (χ0) is 11.8. The summed E-state index contributed by atoms with van der Waals surface area (Å²) < 4.78 is 2.90. The highest BCUT2D eigenvalue weighted by Crippen LogP contribution is 2.36. The summed E-state index contributed by atoms with van der Waals surface area (Å²) in [5.74, 6) is 0. The molecule has 0 aliphatic rings. The summed E-state index contributed by atoms with van der Waals surface area (Å²) in [4.78, 5) is 6.39. The lowest BCUT2D eigenvalue weighted by Crippen LogP contribution is -1.89. The van der Waals surface area contributed by atoms with Crippen molar-refractivity contribution < 1.29 is 0 Å². The third-order valence-electron chi connectivity index (χ3n) is 2.41. The molecule has 4 nitrogen and oxygen atoms in total. The minimum Gasteiger partial charge on any atom is -0.396 e. The lowest BCUT2D eigenvalue weighted by molar-refractivity contribution is 0.766. The number of aryl methyl sites for hydroxylation is 1. The quantitative estimate of drug-likeness (QED) is 0.721. The van der Waals surface area contributed by atoms with Gasteiger partial charge in [-0.25, -0.2) is 4.98 Å². The number of benzene rings is 1. The average molecular weight is 262 g/mol. The highest BCUT2D eigenvalue weighted by molar-refractivity contribution is 7.99. The lowest BCUT2D eigenvalue weighted by Gasteiger charge is -2.03. The van der Waals surface area contributed by atoms with E-state index < -0.39 is 0 Å². The van der Waals surface area contributed by atoms with Crippen LogP contribution in [0.15, 0.2) is 39.8 Å². The summed E-state index contributed by atoms with van der Waals surface area (Å²) in [5.41, 5.74) is 9.57. The van der Waals surface area contributed by atoms with Gasteiger partial charge in [0.1, 0.15) is 5.52 Å². The Hall–Kier alpha value is -1.53. The second kappa shape index (κ2) is 4.05. The van der Waals surface area contributed by atoms with Crippen LogP contribution in [0.1, 0.15) is 0 Å². The fourth-order valence-electron chi connectivity index (χ4n) is 1.60. The van der Waals surface area contributed by atoms with Crippen LogP contribution in [0.5, 0.6) is 0 Å². The lowest BCUT2D eigenvalue weighted by atomic mass is 10.3. The molecule has 1 aromatic carbocycles. The second-order valence-electron chi connectivity index (χ2n) is 3.63. The largest absolute Gasteiger partial charge is 0.396 e. The molecule has 0 saturated carbocycles. The molecule has 3 rings (SSSR count). The maximum Gasteiger partial charge on any atom is 0.105 e. The number of hydrogen-bond donors (Lipinski definition) is 1. The SMILES string of the molecule is Cn1cc(Sc2ccc3scnc3c2N)cn1. The number of thiazole rings is 1. The summed E-state index contributed by atoms with van der Waals surface area (Å²) in [7, 11) is 1.90. The van der Waals surface area contributed by atoms with Crippen molar-refractivity contribution in [2.75, 3.05) is 5.73 Å². The first-order valence-corrected chi connectivity index (χ1v) is 6.72. The van der Waals surface area contributed by atoms with Gasteiger partial charge in [-0.2, -0.15) is 5.10 Å². The monoisotopic (exact) mass is 262 g/mol. The molecule has 17 heavy (non-hydrogen) atoms. The zero-order valence-electron chi connectivity index (χ0n) is 9.12. The minimum absolute atomic E-state index is 0.748. The van der Waals surface area contributed by atoms with E-state index in [1.165, 1.54) is 0 Å². The van der Waals surface area contributed by atoms with Gasteiger partial charge in [-0.1, -0.05) is 11.8 Å². The van der Waals surface area contributed by atoms with Crippen molar-refractivity contribution in [2.24, 2.45) is 7.05 Å². The summed E-state index contributed by atoms with van der Waals surface area (Å²) in [6.45, 7) is 0. The molecule has 0 bridgehead atoms. The highest BCUT2D eigenvalue weighted by atomic mass is 32.2. The second-order valence-corrected chi connectivity index (χ2v) is 5.63. The molecule has 3 aromatic rings. The van der Waals surface area contributed by atoms with Crippen molar-refractivity contribution in [3.63, 3.8) is 0 Å². The molecule has 6 heteroatoms. The smallest absolute Gasteiger partial charge is 0.105 e. The van der Waals surface area contributed by atoms with Crippen LogP contribution in [0.25, 0.3) is 10.2 Å². The first-order chi connectivity index (χ1) is 8.24. The Kier molecular flexibility index (Phi) is 2.53. The topological polar surface area (TPSA) is 56.7 Å². The Morgan fingerprint density at radius 1 is 1.41 bits per heavy atom. The third kappa shape index (κ3) is 1.89. The van der Waals surface area contributed by atoms with Crippen molar-refractivity contribution in [3.8, 4) is 0 Å². The van der Waals surface area contributed by atoms with Crippen molar-refractivity contribution >= 4 is 39.0 Å². The van der Waals surface area contributed by atoms with Gasteiger partial charge in [-0.15, -0.1) is 11.3 Å². The number of aromatic nitrogens is 3. The summed E-state index contributed by atoms with van der Waals surface area (Å²) in [6.07, 6.45) is 3.80. The van der Waals surface area contributed by atoms with Gasteiger partial charge < -0.3 is 5.73 Å². The fraction of sp³-hybridized carbons (Fsp3) is 0.0909. The molecule has 0 fully saturated rings. The van der Waals surface area contributed by atoms with E-state index in [2.05, 4.69) is 16.1 Å². The first kappa shape index (κ1) is 10.6. The van der Waals surface area contributed by atoms with Crippen LogP contribution in [0.4, 0.5) is 5.69 Å². The fourth-order valence-corrected chi connectivity index (χ4v) is 3.20. The minimum atomic E-state index is 0.748. The number of nitrogens with zero attached hydrogens (tertiary/aromatic N) is 3. The number of fused-ring (bicyclic) bond motifs is 1. The van der Waals surface area contributed by atoms with E-state index in [-0.39, 0.29) is 0 Å². The van der Waals surface area contributed by atoms with Crippen molar-refractivity contribution in [2.45, 2.75) is 9.79 Å². The van der Waals surface area contributed by atoms with Gasteiger partial charge in [-0.3, -0.25) is 4.68 Å². The first-order valence-electron chi connectivity index (χ1n) is 5.02. The van der Waals surface area contributed by atoms with Crippen molar-refractivity contribution in [3.05, 3.63) is 30.0 Å². The molecule has 0 aliphatic heterocycles. The van der Waals surface area contributed by atoms with Crippen LogP contribution in [-0.2, 0) is 7.05 Å². The van der Waals surface area contributed by atoms with Gasteiger partial charge in [-0.05, 0) is 12.1 Å². The molecule has 2 heterocycles. The number of nitrogens with two attached hydrogens (primary N) is 1. The predicted octanol–water partition coefficient (Wildman–Crippen LogP) is 2.76. The van der Waals surface area contributed by atoms with E-state index in [1.807, 2.05) is 31.0 Å². The average Bonchev–Trinajstić information content (AvgIpc) is 2.92. The van der Waals surface area contributed by atoms with Crippen molar-refractivity contribution in [1.29, 1.82) is 0 Å². The van der Waals surface area contributed by atoms with Crippen LogP contribution >= 0.6 is 23.1 Å². The molecule has 0 unspecified atom stereocenters. The molecule has 0 radical (unpaired) electrons. The van der Waals surface area contributed by atoms with E-state index in [4.69, 9.17) is 5.73 Å². The van der Waals surface area contributed by atoms with Gasteiger partial charge in [0.25, 0.3) is 0 Å². The summed E-state index contributed by atoms with van der Waals surface area (Å²) in [6, 6.07) is 4.09. The number of rotatable bonds is 2. The van der Waals surface area contributed by atoms with Gasteiger partial charge in [0.2, 0.25) is 0 Å². The standard InChI is InChI=1S/C11H10N4S2/c1-15-5-7(4-14-15)17-8-2-3-9-11(10(8)12)13-6-16-9/h2-6H,12H2,1H3. The van der Waals surface area contributed by atoms with E-state index in [0.29, 0.717) is 0 Å². The van der Waals surface area contributed by atoms with Crippen LogP contribution in [0, 0.1) is 0 Å². The molecule has 0 aliphatic carbocycles. The molecular formula is C11H10N4S2. The molecule has 2 N–H and O–H groups in total. The van der Waals surface area contributed by atoms with E-state index >= 15 is 0 Å². The predicted molar refractivity (Wildman–Crippen MR) is 71.4 cm³/mol. The van der Waals surface area contributed by atoms with Crippen molar-refractivity contribution in [1.82, 2.24) is 14.8 Å². The Bertz CT molecular complexity index is 671. The van der Waals surface area contributed by atoms with Gasteiger partial charge in [0.05, 0.1) is 27.0 Å². The maximum atomic E-state index is 6.11. The molecule has 0 saturated heterocycles. The van der Waals surface area contributed by atoms with Crippen LogP contribution in [0.3, 0.4) is 0 Å². The van der Waals surface area contributed by atoms with Crippen LogP contribution < -0.4 is 5.73 Å². The normalized spacial score (nSPS) is 11.1. The van der Waals surface area contributed by atoms with E-state index in [0.717, 1.165) is 25.7 Å². The molecule has 86 valence electrons. The molecular weight excluding hydrogens is 252 g/mol. The van der Waals surface area contributed by atoms with Gasteiger partial charge in [0.15, 0.2) is 0 Å². The number of nitrogen functional groups attached to an aromatic ring is 1. The Morgan fingerprint density at radius 3 is 3.06 bits per heavy atom. The number of anilines is 1. The zero-order valence-corrected chi connectivity index (χ0v) is 10.8. The molecule has 0 amide bonds. The summed E-state index contributed by atoms with van der Waals surface area (Å²) in [5, 5.41) is 4.14. The van der Waals surface area contributed by atoms with Crippen LogP contribution in [0.2, 0.25) is 0 Å². The number of hydrogen-bond acceptors (Lipinski definition) is 5. The molecule has 0 atom stereocenters. The highest BCUT2D eigenvalue weighted by Gasteiger charge is 2.08. The third-order valence-corrected chi connectivity index (χ3v) is 4.23. The maximum absolute atomic E-state index is 6.11. The van der Waals surface area contributed by atoms with Crippen LogP contribution in [-0.4, -0.2) is 14.8 Å².